The first-order valence-corrected chi connectivity index (χ1v) is 6.09. The van der Waals surface area contributed by atoms with Gasteiger partial charge in [0.05, 0.1) is 15.1 Å². The van der Waals surface area contributed by atoms with E-state index < -0.39 is 0 Å². The molecule has 0 aliphatic rings. The van der Waals surface area contributed by atoms with Gasteiger partial charge in [0.25, 0.3) is 5.91 Å². The van der Waals surface area contributed by atoms with Gasteiger partial charge in [0.2, 0.25) is 0 Å². The molecule has 1 aromatic rings. The van der Waals surface area contributed by atoms with Crippen molar-refractivity contribution in [3.8, 4) is 0 Å². The van der Waals surface area contributed by atoms with Crippen LogP contribution in [0.2, 0.25) is 0 Å². The lowest BCUT2D eigenvalue weighted by Gasteiger charge is -2.15. The number of hydrogen-bond acceptors (Lipinski definition) is 3. The molecule has 14 heavy (non-hydrogen) atoms. The highest BCUT2D eigenvalue weighted by Crippen LogP contribution is 2.17. The second kappa shape index (κ2) is 5.67. The average molecular weight is 325 g/mol. The van der Waals surface area contributed by atoms with Gasteiger partial charge in [-0.2, -0.15) is 0 Å². The van der Waals surface area contributed by atoms with E-state index >= 15 is 0 Å². The van der Waals surface area contributed by atoms with Crippen molar-refractivity contribution < 1.29 is 9.53 Å². The molecule has 1 amide bonds. The number of hydrogen-bond donors (Lipinski definition) is 0. The van der Waals surface area contributed by atoms with Crippen LogP contribution in [0.15, 0.2) is 11.4 Å². The number of amides is 1. The van der Waals surface area contributed by atoms with Crippen LogP contribution in [0.5, 0.6) is 0 Å². The Kier molecular flexibility index (Phi) is 4.83. The monoisotopic (exact) mass is 325 g/mol. The maximum atomic E-state index is 11.7. The third-order valence-electron chi connectivity index (χ3n) is 1.79. The number of carbonyl (C=O) groups excluding carboxylic acids is 1. The van der Waals surface area contributed by atoms with E-state index in [1.54, 1.807) is 30.4 Å². The molecule has 0 unspecified atom stereocenters. The summed E-state index contributed by atoms with van der Waals surface area (Å²) in [6.07, 6.45) is 0. The molecule has 0 fully saturated rings. The predicted molar refractivity (Wildman–Crippen MR) is 65.9 cm³/mol. The lowest BCUT2D eigenvalue weighted by atomic mass is 10.3. The van der Waals surface area contributed by atoms with Gasteiger partial charge >= 0.3 is 0 Å². The highest BCUT2D eigenvalue weighted by Gasteiger charge is 2.12. The lowest BCUT2D eigenvalue weighted by Crippen LogP contribution is -2.29. The van der Waals surface area contributed by atoms with Crippen molar-refractivity contribution in [3.63, 3.8) is 0 Å². The summed E-state index contributed by atoms with van der Waals surface area (Å²) in [5, 5.41) is 1.88. The number of nitrogens with zero attached hydrogens (tertiary/aromatic N) is 1. The average Bonchev–Trinajstić information content (AvgIpc) is 2.60. The smallest absolute Gasteiger partial charge is 0.254 e. The zero-order chi connectivity index (χ0) is 10.6. The van der Waals surface area contributed by atoms with Crippen LogP contribution < -0.4 is 0 Å². The van der Waals surface area contributed by atoms with E-state index in [0.717, 1.165) is 8.45 Å². The summed E-state index contributed by atoms with van der Waals surface area (Å²) in [6, 6.07) is 1.90. The van der Waals surface area contributed by atoms with Crippen molar-refractivity contribution in [1.82, 2.24) is 4.90 Å². The molecule has 78 valence electrons. The van der Waals surface area contributed by atoms with Gasteiger partial charge in [-0.15, -0.1) is 11.3 Å². The highest BCUT2D eigenvalue weighted by atomic mass is 127. The molecule has 0 saturated heterocycles. The maximum Gasteiger partial charge on any atom is 0.254 e. The summed E-state index contributed by atoms with van der Waals surface area (Å²) >= 11 is 3.79. The molecule has 0 aliphatic heterocycles. The minimum Gasteiger partial charge on any atom is -0.383 e. The van der Waals surface area contributed by atoms with Crippen molar-refractivity contribution in [2.75, 3.05) is 27.3 Å². The van der Waals surface area contributed by atoms with Crippen molar-refractivity contribution >= 4 is 39.8 Å². The summed E-state index contributed by atoms with van der Waals surface area (Å²) in [7, 11) is 3.41. The van der Waals surface area contributed by atoms with Crippen molar-refractivity contribution in [1.29, 1.82) is 0 Å². The van der Waals surface area contributed by atoms with E-state index in [-0.39, 0.29) is 5.91 Å². The molecule has 0 radical (unpaired) electrons. The molecule has 1 rings (SSSR count). The third kappa shape index (κ3) is 3.21. The predicted octanol–water partition coefficient (Wildman–Crippen LogP) is 2.07. The van der Waals surface area contributed by atoms with Crippen LogP contribution in [0.3, 0.4) is 0 Å². The molecule has 1 aromatic heterocycles. The van der Waals surface area contributed by atoms with Gasteiger partial charge in [-0.1, -0.05) is 0 Å². The quantitative estimate of drug-likeness (QED) is 0.793. The minimum atomic E-state index is 0.0567. The second-order valence-electron chi connectivity index (χ2n) is 2.86. The number of halogens is 1. The van der Waals surface area contributed by atoms with E-state index in [1.165, 1.54) is 0 Å². The fourth-order valence-electron chi connectivity index (χ4n) is 0.972. The first-order chi connectivity index (χ1) is 6.65. The minimum absolute atomic E-state index is 0.0567. The number of ether oxygens (including phenoxy) is 1. The number of likely N-dealkylation sites (N-methyl/N-ethyl adjacent to an activating group) is 1. The molecular weight excluding hydrogens is 313 g/mol. The Morgan fingerprint density at radius 3 is 2.93 bits per heavy atom. The summed E-state index contributed by atoms with van der Waals surface area (Å²) < 4.78 is 6.04. The number of rotatable bonds is 4. The molecule has 0 spiro atoms. The van der Waals surface area contributed by atoms with Crippen LogP contribution >= 0.6 is 33.9 Å². The summed E-state index contributed by atoms with van der Waals surface area (Å²) in [4.78, 5) is 13.4. The van der Waals surface area contributed by atoms with Crippen LogP contribution in [0.1, 0.15) is 10.4 Å². The van der Waals surface area contributed by atoms with E-state index in [0.29, 0.717) is 13.2 Å². The Morgan fingerprint density at radius 2 is 2.43 bits per heavy atom. The molecule has 0 atom stereocenters. The fraction of sp³-hybridized carbons (Fsp3) is 0.444. The van der Waals surface area contributed by atoms with Gasteiger partial charge in [-0.05, 0) is 28.7 Å². The molecular formula is C9H12INO2S. The normalized spacial score (nSPS) is 10.2. The van der Waals surface area contributed by atoms with Gasteiger partial charge < -0.3 is 9.64 Å². The first kappa shape index (κ1) is 11.9. The van der Waals surface area contributed by atoms with Gasteiger partial charge in [0.1, 0.15) is 0 Å². The van der Waals surface area contributed by atoms with Gasteiger partial charge in [0.15, 0.2) is 0 Å². The largest absolute Gasteiger partial charge is 0.383 e. The summed E-state index contributed by atoms with van der Waals surface area (Å²) in [5.74, 6) is 0.0567. The molecule has 0 aliphatic carbocycles. The van der Waals surface area contributed by atoms with Crippen LogP contribution in [0, 0.1) is 2.88 Å². The Labute approximate surface area is 101 Å². The molecule has 0 N–H and O–H groups in total. The van der Waals surface area contributed by atoms with E-state index in [9.17, 15) is 4.79 Å². The Morgan fingerprint density at radius 1 is 1.71 bits per heavy atom. The fourth-order valence-corrected chi connectivity index (χ4v) is 2.29. The lowest BCUT2D eigenvalue weighted by molar-refractivity contribution is 0.0745. The SMILES string of the molecule is COCCN(C)C(=O)c1csc(I)c1. The Balaban J connectivity index is 2.56. The highest BCUT2D eigenvalue weighted by molar-refractivity contribution is 14.1. The van der Waals surface area contributed by atoms with Crippen molar-refractivity contribution in [2.45, 2.75) is 0 Å². The van der Waals surface area contributed by atoms with Crippen molar-refractivity contribution in [2.24, 2.45) is 0 Å². The van der Waals surface area contributed by atoms with Crippen LogP contribution in [0.25, 0.3) is 0 Å². The molecule has 0 bridgehead atoms. The number of methoxy groups -OCH3 is 1. The zero-order valence-electron chi connectivity index (χ0n) is 8.12. The Hall–Kier alpha value is -0.140. The van der Waals surface area contributed by atoms with Gasteiger partial charge in [-0.3, -0.25) is 4.79 Å². The number of carbonyl (C=O) groups is 1. The standard InChI is InChI=1S/C9H12INO2S/c1-11(3-4-13-2)9(12)7-5-8(10)14-6-7/h5-6H,3-4H2,1-2H3. The van der Waals surface area contributed by atoms with Gasteiger partial charge in [-0.25, -0.2) is 0 Å². The maximum absolute atomic E-state index is 11.7. The summed E-state index contributed by atoms with van der Waals surface area (Å²) in [6.45, 7) is 1.20. The molecule has 0 aromatic carbocycles. The zero-order valence-corrected chi connectivity index (χ0v) is 11.1. The third-order valence-corrected chi connectivity index (χ3v) is 3.58. The topological polar surface area (TPSA) is 29.5 Å². The first-order valence-electron chi connectivity index (χ1n) is 4.13. The van der Waals surface area contributed by atoms with Crippen LogP contribution in [-0.2, 0) is 4.74 Å². The van der Waals surface area contributed by atoms with Crippen LogP contribution in [0.4, 0.5) is 0 Å². The molecule has 1 heterocycles. The van der Waals surface area contributed by atoms with E-state index in [1.807, 2.05) is 11.4 Å². The van der Waals surface area contributed by atoms with Gasteiger partial charge in [0, 0.05) is 26.1 Å². The molecule has 3 nitrogen and oxygen atoms in total. The van der Waals surface area contributed by atoms with E-state index in [2.05, 4.69) is 22.6 Å². The van der Waals surface area contributed by atoms with Crippen LogP contribution in [-0.4, -0.2) is 38.1 Å². The second-order valence-corrected chi connectivity index (χ2v) is 5.66. The van der Waals surface area contributed by atoms with E-state index in [4.69, 9.17) is 4.74 Å². The number of thiophene rings is 1. The molecule has 5 heteroatoms. The van der Waals surface area contributed by atoms with Crippen molar-refractivity contribution in [3.05, 3.63) is 19.9 Å². The molecule has 0 saturated carbocycles. The Bertz CT molecular complexity index is 314. The summed E-state index contributed by atoms with van der Waals surface area (Å²) in [5.41, 5.74) is 0.762.